The Hall–Kier alpha value is -1.51. The molecular formula is C14H18O3. The van der Waals surface area contributed by atoms with Crippen LogP contribution in [0.2, 0.25) is 0 Å². The summed E-state index contributed by atoms with van der Waals surface area (Å²) in [6.45, 7) is 0. The number of carboxylic acid groups (broad SMARTS) is 1. The predicted molar refractivity (Wildman–Crippen MR) is 65.3 cm³/mol. The number of hydrogen-bond donors (Lipinski definition) is 1. The summed E-state index contributed by atoms with van der Waals surface area (Å²) in [5, 5.41) is 9.25. The van der Waals surface area contributed by atoms with E-state index in [0.29, 0.717) is 0 Å². The molecule has 1 fully saturated rings. The SMILES string of the molecule is COc1ccc([C@H]2CCCC[C@@H]2C(=O)O)cc1. The lowest BCUT2D eigenvalue weighted by Gasteiger charge is -2.28. The first kappa shape index (κ1) is 12.0. The van der Waals surface area contributed by atoms with Crippen molar-refractivity contribution in [1.29, 1.82) is 0 Å². The summed E-state index contributed by atoms with van der Waals surface area (Å²) in [6.07, 6.45) is 3.93. The van der Waals surface area contributed by atoms with E-state index in [1.54, 1.807) is 7.11 Å². The number of hydrogen-bond acceptors (Lipinski definition) is 2. The second-order valence-electron chi connectivity index (χ2n) is 4.61. The van der Waals surface area contributed by atoms with Gasteiger partial charge in [0.2, 0.25) is 0 Å². The zero-order chi connectivity index (χ0) is 12.3. The van der Waals surface area contributed by atoms with Crippen LogP contribution in [0.25, 0.3) is 0 Å². The Bertz CT molecular complexity index is 383. The predicted octanol–water partition coefficient (Wildman–Crippen LogP) is 3.05. The van der Waals surface area contributed by atoms with Gasteiger partial charge in [-0.05, 0) is 36.5 Å². The molecule has 0 amide bonds. The van der Waals surface area contributed by atoms with Gasteiger partial charge in [-0.25, -0.2) is 0 Å². The molecule has 1 aliphatic rings. The monoisotopic (exact) mass is 234 g/mol. The van der Waals surface area contributed by atoms with Crippen molar-refractivity contribution in [3.63, 3.8) is 0 Å². The first-order chi connectivity index (χ1) is 8.22. The Balaban J connectivity index is 2.20. The fourth-order valence-electron chi connectivity index (χ4n) is 2.68. The minimum absolute atomic E-state index is 0.159. The van der Waals surface area contributed by atoms with Crippen LogP contribution in [0.4, 0.5) is 0 Å². The van der Waals surface area contributed by atoms with Crippen LogP contribution < -0.4 is 4.74 Å². The van der Waals surface area contributed by atoms with Gasteiger partial charge in [-0.2, -0.15) is 0 Å². The van der Waals surface area contributed by atoms with Gasteiger partial charge < -0.3 is 9.84 Å². The summed E-state index contributed by atoms with van der Waals surface area (Å²) in [5.41, 5.74) is 1.12. The van der Waals surface area contributed by atoms with E-state index < -0.39 is 5.97 Å². The molecule has 0 spiro atoms. The highest BCUT2D eigenvalue weighted by atomic mass is 16.5. The molecule has 1 N–H and O–H groups in total. The summed E-state index contributed by atoms with van der Waals surface area (Å²) < 4.78 is 5.11. The van der Waals surface area contributed by atoms with Crippen LogP contribution in [-0.2, 0) is 4.79 Å². The molecule has 3 heteroatoms. The molecule has 1 aromatic carbocycles. The standard InChI is InChI=1S/C14H18O3/c1-17-11-8-6-10(7-9-11)12-4-2-3-5-13(12)14(15)16/h6-9,12-13H,2-5H2,1H3,(H,15,16)/t12-,13+/m1/s1. The van der Waals surface area contributed by atoms with Crippen LogP contribution in [0.15, 0.2) is 24.3 Å². The van der Waals surface area contributed by atoms with Gasteiger partial charge in [-0.15, -0.1) is 0 Å². The maximum Gasteiger partial charge on any atom is 0.307 e. The Morgan fingerprint density at radius 2 is 1.88 bits per heavy atom. The molecule has 0 aromatic heterocycles. The van der Waals surface area contributed by atoms with E-state index in [0.717, 1.165) is 37.0 Å². The van der Waals surface area contributed by atoms with E-state index >= 15 is 0 Å². The first-order valence-electron chi connectivity index (χ1n) is 6.09. The molecule has 0 unspecified atom stereocenters. The zero-order valence-electron chi connectivity index (χ0n) is 10.1. The molecular weight excluding hydrogens is 216 g/mol. The first-order valence-corrected chi connectivity index (χ1v) is 6.09. The van der Waals surface area contributed by atoms with Crippen LogP contribution in [0.5, 0.6) is 5.75 Å². The molecule has 0 heterocycles. The van der Waals surface area contributed by atoms with Gasteiger partial charge in [-0.1, -0.05) is 25.0 Å². The minimum Gasteiger partial charge on any atom is -0.497 e. The van der Waals surface area contributed by atoms with Crippen molar-refractivity contribution < 1.29 is 14.6 Å². The number of aliphatic carboxylic acids is 1. The fourth-order valence-corrected chi connectivity index (χ4v) is 2.68. The lowest BCUT2D eigenvalue weighted by molar-refractivity contribution is -0.143. The fraction of sp³-hybridized carbons (Fsp3) is 0.500. The average Bonchev–Trinajstić information content (AvgIpc) is 2.39. The summed E-state index contributed by atoms with van der Waals surface area (Å²) in [4.78, 5) is 11.2. The number of carbonyl (C=O) groups is 1. The Morgan fingerprint density at radius 3 is 2.47 bits per heavy atom. The Labute approximate surface area is 101 Å². The number of ether oxygens (including phenoxy) is 1. The third-order valence-corrected chi connectivity index (χ3v) is 3.63. The highest BCUT2D eigenvalue weighted by Crippen LogP contribution is 2.38. The van der Waals surface area contributed by atoms with Crippen molar-refractivity contribution in [2.24, 2.45) is 5.92 Å². The maximum atomic E-state index is 11.2. The van der Waals surface area contributed by atoms with Gasteiger partial charge in [0.25, 0.3) is 0 Å². The van der Waals surface area contributed by atoms with Crippen molar-refractivity contribution in [2.45, 2.75) is 31.6 Å². The molecule has 3 nitrogen and oxygen atoms in total. The van der Waals surface area contributed by atoms with E-state index in [9.17, 15) is 9.90 Å². The summed E-state index contributed by atoms with van der Waals surface area (Å²) in [7, 11) is 1.63. The Kier molecular flexibility index (Phi) is 3.67. The second-order valence-corrected chi connectivity index (χ2v) is 4.61. The van der Waals surface area contributed by atoms with E-state index in [4.69, 9.17) is 4.74 Å². The molecule has 2 rings (SSSR count). The van der Waals surface area contributed by atoms with Crippen molar-refractivity contribution >= 4 is 5.97 Å². The van der Waals surface area contributed by atoms with Crippen molar-refractivity contribution in [2.75, 3.05) is 7.11 Å². The van der Waals surface area contributed by atoms with Gasteiger partial charge in [0, 0.05) is 0 Å². The number of methoxy groups -OCH3 is 1. The van der Waals surface area contributed by atoms with E-state index in [1.165, 1.54) is 0 Å². The number of carboxylic acids is 1. The van der Waals surface area contributed by atoms with Crippen molar-refractivity contribution in [1.82, 2.24) is 0 Å². The minimum atomic E-state index is -0.662. The average molecular weight is 234 g/mol. The van der Waals surface area contributed by atoms with Crippen LogP contribution in [0, 0.1) is 5.92 Å². The van der Waals surface area contributed by atoms with Gasteiger partial charge in [0.1, 0.15) is 5.75 Å². The van der Waals surface area contributed by atoms with Crippen LogP contribution in [-0.4, -0.2) is 18.2 Å². The highest BCUT2D eigenvalue weighted by Gasteiger charge is 2.31. The molecule has 1 aromatic rings. The molecule has 1 saturated carbocycles. The number of benzene rings is 1. The largest absolute Gasteiger partial charge is 0.497 e. The maximum absolute atomic E-state index is 11.2. The van der Waals surface area contributed by atoms with E-state index in [-0.39, 0.29) is 11.8 Å². The molecule has 0 saturated heterocycles. The molecule has 0 radical (unpaired) electrons. The molecule has 2 atom stereocenters. The van der Waals surface area contributed by atoms with E-state index in [2.05, 4.69) is 0 Å². The van der Waals surface area contributed by atoms with Crippen LogP contribution in [0.3, 0.4) is 0 Å². The van der Waals surface area contributed by atoms with E-state index in [1.807, 2.05) is 24.3 Å². The molecule has 92 valence electrons. The van der Waals surface area contributed by atoms with Crippen molar-refractivity contribution in [3.8, 4) is 5.75 Å². The summed E-state index contributed by atoms with van der Waals surface area (Å²) >= 11 is 0. The van der Waals surface area contributed by atoms with Crippen LogP contribution >= 0.6 is 0 Å². The van der Waals surface area contributed by atoms with Crippen LogP contribution in [0.1, 0.15) is 37.2 Å². The molecule has 0 bridgehead atoms. The zero-order valence-corrected chi connectivity index (χ0v) is 10.1. The third kappa shape index (κ3) is 2.60. The lowest BCUT2D eigenvalue weighted by atomic mass is 9.75. The summed E-state index contributed by atoms with van der Waals surface area (Å²) in [5.74, 6) is 0.0891. The highest BCUT2D eigenvalue weighted by molar-refractivity contribution is 5.71. The quantitative estimate of drug-likeness (QED) is 0.874. The topological polar surface area (TPSA) is 46.5 Å². The lowest BCUT2D eigenvalue weighted by Crippen LogP contribution is -2.25. The van der Waals surface area contributed by atoms with Gasteiger partial charge in [-0.3, -0.25) is 4.79 Å². The van der Waals surface area contributed by atoms with Gasteiger partial charge in [0.15, 0.2) is 0 Å². The second kappa shape index (κ2) is 5.21. The third-order valence-electron chi connectivity index (χ3n) is 3.63. The van der Waals surface area contributed by atoms with Gasteiger partial charge in [0.05, 0.1) is 13.0 Å². The van der Waals surface area contributed by atoms with Gasteiger partial charge >= 0.3 is 5.97 Å². The Morgan fingerprint density at radius 1 is 1.24 bits per heavy atom. The summed E-state index contributed by atoms with van der Waals surface area (Å²) in [6, 6.07) is 7.79. The normalized spacial score (nSPS) is 24.3. The molecule has 0 aliphatic heterocycles. The van der Waals surface area contributed by atoms with Crippen molar-refractivity contribution in [3.05, 3.63) is 29.8 Å². The number of rotatable bonds is 3. The molecule has 1 aliphatic carbocycles. The smallest absolute Gasteiger partial charge is 0.307 e. The molecule has 17 heavy (non-hydrogen) atoms.